The molecule has 2 atom stereocenters. The molecule has 0 aromatic heterocycles. The van der Waals surface area contributed by atoms with Crippen LogP contribution in [0.5, 0.6) is 0 Å². The van der Waals surface area contributed by atoms with Crippen LogP contribution in [0, 0.1) is 11.8 Å². The van der Waals surface area contributed by atoms with E-state index < -0.39 is 0 Å². The highest BCUT2D eigenvalue weighted by atomic mass is 14.7. The van der Waals surface area contributed by atoms with Gasteiger partial charge < -0.3 is 0 Å². The largest absolute Gasteiger partial charge is 0.294 e. The van der Waals surface area contributed by atoms with Gasteiger partial charge in [-0.3, -0.25) is 4.99 Å². The average Bonchev–Trinajstić information content (AvgIpc) is 2.59. The van der Waals surface area contributed by atoms with Gasteiger partial charge in [-0.05, 0) is 37.5 Å². The van der Waals surface area contributed by atoms with Crippen molar-refractivity contribution in [1.82, 2.24) is 0 Å². The standard InChI is InChI=1S/C20H37N/c1-18-14-10-6-3-2-4-7-11-15-19(18)20-16-12-8-5-9-13-17-21-20/h18-19H,2-17H2,1H3. The monoisotopic (exact) mass is 291 g/mol. The van der Waals surface area contributed by atoms with Gasteiger partial charge in [-0.2, -0.15) is 0 Å². The third-order valence-electron chi connectivity index (χ3n) is 5.70. The summed E-state index contributed by atoms with van der Waals surface area (Å²) in [4.78, 5) is 5.08. The third-order valence-corrected chi connectivity index (χ3v) is 5.70. The molecule has 1 heteroatoms. The summed E-state index contributed by atoms with van der Waals surface area (Å²) < 4.78 is 0. The summed E-state index contributed by atoms with van der Waals surface area (Å²) in [6.07, 6.45) is 21.3. The van der Waals surface area contributed by atoms with Crippen molar-refractivity contribution >= 4 is 5.71 Å². The Kier molecular flexibility index (Phi) is 8.44. The minimum Gasteiger partial charge on any atom is -0.294 e. The van der Waals surface area contributed by atoms with Gasteiger partial charge in [0.2, 0.25) is 0 Å². The minimum atomic E-state index is 0.807. The van der Waals surface area contributed by atoms with Crippen LogP contribution in [0.25, 0.3) is 0 Å². The number of hydrogen-bond acceptors (Lipinski definition) is 1. The second-order valence-electron chi connectivity index (χ2n) is 7.53. The van der Waals surface area contributed by atoms with E-state index in [0.717, 1.165) is 18.4 Å². The Labute approximate surface area is 133 Å². The predicted molar refractivity (Wildman–Crippen MR) is 94.2 cm³/mol. The van der Waals surface area contributed by atoms with Gasteiger partial charge in [-0.15, -0.1) is 0 Å². The maximum atomic E-state index is 5.08. The third kappa shape index (κ3) is 6.53. The van der Waals surface area contributed by atoms with Crippen molar-refractivity contribution in [3.05, 3.63) is 0 Å². The molecule has 0 N–H and O–H groups in total. The molecule has 2 unspecified atom stereocenters. The summed E-state index contributed by atoms with van der Waals surface area (Å²) in [7, 11) is 0. The second-order valence-corrected chi connectivity index (χ2v) is 7.53. The molecule has 1 nitrogen and oxygen atoms in total. The molecule has 1 heterocycles. The van der Waals surface area contributed by atoms with Crippen molar-refractivity contribution in [1.29, 1.82) is 0 Å². The smallest absolute Gasteiger partial charge is 0.0388 e. The van der Waals surface area contributed by atoms with Crippen molar-refractivity contribution in [3.8, 4) is 0 Å². The van der Waals surface area contributed by atoms with E-state index in [1.807, 2.05) is 0 Å². The Hall–Kier alpha value is -0.330. The van der Waals surface area contributed by atoms with E-state index in [4.69, 9.17) is 4.99 Å². The highest BCUT2D eigenvalue weighted by molar-refractivity contribution is 5.87. The van der Waals surface area contributed by atoms with Crippen molar-refractivity contribution in [3.63, 3.8) is 0 Å². The Bertz CT molecular complexity index is 294. The molecule has 21 heavy (non-hydrogen) atoms. The Morgan fingerprint density at radius 1 is 0.667 bits per heavy atom. The highest BCUT2D eigenvalue weighted by Gasteiger charge is 2.22. The lowest BCUT2D eigenvalue weighted by Crippen LogP contribution is -2.23. The zero-order chi connectivity index (χ0) is 14.8. The maximum absolute atomic E-state index is 5.08. The maximum Gasteiger partial charge on any atom is 0.0388 e. The summed E-state index contributed by atoms with van der Waals surface area (Å²) in [6.45, 7) is 3.62. The zero-order valence-corrected chi connectivity index (χ0v) is 14.4. The predicted octanol–water partition coefficient (Wildman–Crippen LogP) is 6.56. The van der Waals surface area contributed by atoms with Crippen molar-refractivity contribution in [2.45, 2.75) is 103 Å². The van der Waals surface area contributed by atoms with Crippen molar-refractivity contribution < 1.29 is 0 Å². The first-order valence-corrected chi connectivity index (χ1v) is 9.91. The van der Waals surface area contributed by atoms with Crippen LogP contribution in [0.2, 0.25) is 0 Å². The second kappa shape index (κ2) is 10.4. The molecule has 0 aromatic carbocycles. The molecule has 2 rings (SSSR count). The van der Waals surface area contributed by atoms with Gasteiger partial charge in [0.1, 0.15) is 0 Å². The van der Waals surface area contributed by atoms with E-state index >= 15 is 0 Å². The van der Waals surface area contributed by atoms with Crippen LogP contribution >= 0.6 is 0 Å². The molecule has 0 aromatic rings. The summed E-state index contributed by atoms with van der Waals surface area (Å²) in [5.74, 6) is 1.67. The fourth-order valence-corrected chi connectivity index (χ4v) is 4.25. The first kappa shape index (κ1) is 17.0. The SMILES string of the molecule is CC1CCCCCCCCCC1C1=NCCCCCCC1. The first-order chi connectivity index (χ1) is 10.4. The molecule has 0 amide bonds. The van der Waals surface area contributed by atoms with E-state index in [9.17, 15) is 0 Å². The van der Waals surface area contributed by atoms with Crippen LogP contribution in [0.3, 0.4) is 0 Å². The van der Waals surface area contributed by atoms with Gasteiger partial charge in [-0.25, -0.2) is 0 Å². The Balaban J connectivity index is 1.98. The molecule has 1 aliphatic carbocycles. The quantitative estimate of drug-likeness (QED) is 0.519. The summed E-state index contributed by atoms with van der Waals surface area (Å²) in [5.41, 5.74) is 1.61. The van der Waals surface area contributed by atoms with Crippen molar-refractivity contribution in [2.75, 3.05) is 6.54 Å². The lowest BCUT2D eigenvalue weighted by atomic mass is 9.80. The molecule has 122 valence electrons. The highest BCUT2D eigenvalue weighted by Crippen LogP contribution is 2.29. The van der Waals surface area contributed by atoms with E-state index in [1.54, 1.807) is 5.71 Å². The minimum absolute atomic E-state index is 0.807. The molecule has 0 radical (unpaired) electrons. The Morgan fingerprint density at radius 2 is 1.24 bits per heavy atom. The molecular weight excluding hydrogens is 254 g/mol. The normalized spacial score (nSPS) is 31.2. The fraction of sp³-hybridized carbons (Fsp3) is 0.950. The van der Waals surface area contributed by atoms with Crippen molar-refractivity contribution in [2.24, 2.45) is 16.8 Å². The molecule has 2 aliphatic rings. The van der Waals surface area contributed by atoms with E-state index in [1.165, 1.54) is 96.3 Å². The lowest BCUT2D eigenvalue weighted by Gasteiger charge is -2.26. The fourth-order valence-electron chi connectivity index (χ4n) is 4.25. The Morgan fingerprint density at radius 3 is 2.00 bits per heavy atom. The number of rotatable bonds is 1. The molecule has 1 aliphatic heterocycles. The van der Waals surface area contributed by atoms with Gasteiger partial charge in [0.05, 0.1) is 0 Å². The van der Waals surface area contributed by atoms with Crippen LogP contribution in [-0.4, -0.2) is 12.3 Å². The van der Waals surface area contributed by atoms with E-state index in [2.05, 4.69) is 6.92 Å². The molecule has 0 spiro atoms. The van der Waals surface area contributed by atoms with Crippen LogP contribution in [-0.2, 0) is 0 Å². The molecule has 1 saturated carbocycles. The van der Waals surface area contributed by atoms with Gasteiger partial charge in [0, 0.05) is 12.3 Å². The summed E-state index contributed by atoms with van der Waals surface area (Å²) in [5, 5.41) is 0. The van der Waals surface area contributed by atoms with Gasteiger partial charge in [0.25, 0.3) is 0 Å². The summed E-state index contributed by atoms with van der Waals surface area (Å²) >= 11 is 0. The average molecular weight is 292 g/mol. The number of nitrogens with zero attached hydrogens (tertiary/aromatic N) is 1. The van der Waals surface area contributed by atoms with E-state index in [0.29, 0.717) is 0 Å². The first-order valence-electron chi connectivity index (χ1n) is 9.91. The van der Waals surface area contributed by atoms with E-state index in [-0.39, 0.29) is 0 Å². The van der Waals surface area contributed by atoms with Crippen LogP contribution in [0.15, 0.2) is 4.99 Å². The van der Waals surface area contributed by atoms with Crippen LogP contribution in [0.1, 0.15) is 103 Å². The zero-order valence-electron chi connectivity index (χ0n) is 14.4. The number of hydrogen-bond donors (Lipinski definition) is 0. The van der Waals surface area contributed by atoms with Gasteiger partial charge in [-0.1, -0.05) is 77.6 Å². The topological polar surface area (TPSA) is 12.4 Å². The van der Waals surface area contributed by atoms with Crippen LogP contribution < -0.4 is 0 Å². The van der Waals surface area contributed by atoms with Gasteiger partial charge in [0.15, 0.2) is 0 Å². The molecule has 0 bridgehead atoms. The summed E-state index contributed by atoms with van der Waals surface area (Å²) in [6, 6.07) is 0. The van der Waals surface area contributed by atoms with Crippen LogP contribution in [0.4, 0.5) is 0 Å². The van der Waals surface area contributed by atoms with Gasteiger partial charge >= 0.3 is 0 Å². The molecule has 1 fully saturated rings. The molecular formula is C20H37N. The molecule has 0 saturated heterocycles. The number of aliphatic imine (C=N–C) groups is 1. The lowest BCUT2D eigenvalue weighted by molar-refractivity contribution is 0.377.